The summed E-state index contributed by atoms with van der Waals surface area (Å²) in [6, 6.07) is 10.6. The first-order valence-electron chi connectivity index (χ1n) is 10.4. The number of nitrogens with one attached hydrogen (secondary N) is 2. The molecule has 30 heavy (non-hydrogen) atoms. The molecule has 0 aliphatic rings. The van der Waals surface area contributed by atoms with Gasteiger partial charge in [-0.25, -0.2) is 9.98 Å². The van der Waals surface area contributed by atoms with Crippen molar-refractivity contribution in [3.05, 3.63) is 57.9 Å². The van der Waals surface area contributed by atoms with Gasteiger partial charge < -0.3 is 10.6 Å². The lowest BCUT2D eigenvalue weighted by Crippen LogP contribution is -2.43. The second-order valence-corrected chi connectivity index (χ2v) is 8.69. The molecule has 3 aromatic rings. The van der Waals surface area contributed by atoms with Crippen LogP contribution in [0.15, 0.2) is 35.3 Å². The molecule has 0 aliphatic heterocycles. The van der Waals surface area contributed by atoms with Gasteiger partial charge in [0.25, 0.3) is 0 Å². The second kappa shape index (κ2) is 9.89. The molecule has 2 heterocycles. The molecule has 0 saturated heterocycles. The number of thiazole rings is 1. The Hall–Kier alpha value is -2.67. The monoisotopic (exact) mass is 424 g/mol. The van der Waals surface area contributed by atoms with Gasteiger partial charge in [-0.1, -0.05) is 30.3 Å². The van der Waals surface area contributed by atoms with E-state index in [1.807, 2.05) is 29.9 Å². The minimum absolute atomic E-state index is 0.242. The molecular formula is C23H32N6S. The van der Waals surface area contributed by atoms with E-state index in [9.17, 15) is 0 Å². The van der Waals surface area contributed by atoms with Gasteiger partial charge in [0.2, 0.25) is 0 Å². The average molecular weight is 425 g/mol. The normalized spacial score (nSPS) is 12.8. The summed E-state index contributed by atoms with van der Waals surface area (Å²) in [6.07, 6.45) is 0.910. The van der Waals surface area contributed by atoms with Crippen molar-refractivity contribution in [3.8, 4) is 10.6 Å². The zero-order chi connectivity index (χ0) is 21.7. The molecule has 0 amide bonds. The lowest BCUT2D eigenvalue weighted by atomic mass is 10.1. The van der Waals surface area contributed by atoms with Crippen LogP contribution in [-0.4, -0.2) is 33.3 Å². The van der Waals surface area contributed by atoms with Crippen LogP contribution in [-0.2, 0) is 20.0 Å². The number of aromatic nitrogens is 3. The van der Waals surface area contributed by atoms with Crippen LogP contribution in [0, 0.1) is 20.8 Å². The Balaban J connectivity index is 1.69. The van der Waals surface area contributed by atoms with E-state index in [1.165, 1.54) is 16.1 Å². The molecule has 6 nitrogen and oxygen atoms in total. The molecule has 0 spiro atoms. The van der Waals surface area contributed by atoms with Gasteiger partial charge in [0.05, 0.1) is 17.9 Å². The van der Waals surface area contributed by atoms with E-state index in [0.717, 1.165) is 40.9 Å². The first-order valence-corrected chi connectivity index (χ1v) is 11.3. The maximum atomic E-state index is 4.83. The molecule has 0 bridgehead atoms. The summed E-state index contributed by atoms with van der Waals surface area (Å²) in [5.41, 5.74) is 5.82. The number of nitrogens with zero attached hydrogens (tertiary/aromatic N) is 4. The molecule has 0 fully saturated rings. The fourth-order valence-electron chi connectivity index (χ4n) is 3.45. The number of aryl methyl sites for hydroxylation is 3. The van der Waals surface area contributed by atoms with Crippen molar-refractivity contribution < 1.29 is 0 Å². The van der Waals surface area contributed by atoms with E-state index in [4.69, 9.17) is 9.98 Å². The predicted molar refractivity (Wildman–Crippen MR) is 126 cm³/mol. The summed E-state index contributed by atoms with van der Waals surface area (Å²) in [6.45, 7) is 12.0. The largest absolute Gasteiger partial charge is 0.357 e. The molecule has 1 unspecified atom stereocenters. The van der Waals surface area contributed by atoms with Crippen LogP contribution < -0.4 is 10.6 Å². The molecule has 0 saturated carbocycles. The van der Waals surface area contributed by atoms with Gasteiger partial charge in [0.1, 0.15) is 5.01 Å². The third kappa shape index (κ3) is 5.27. The lowest BCUT2D eigenvalue weighted by molar-refractivity contribution is 0.636. The summed E-state index contributed by atoms with van der Waals surface area (Å²) >= 11 is 1.72. The Morgan fingerprint density at radius 2 is 1.90 bits per heavy atom. The first-order chi connectivity index (χ1) is 14.4. The van der Waals surface area contributed by atoms with Gasteiger partial charge in [-0.2, -0.15) is 5.10 Å². The topological polar surface area (TPSA) is 67.1 Å². The van der Waals surface area contributed by atoms with Gasteiger partial charge in [0, 0.05) is 35.8 Å². The van der Waals surface area contributed by atoms with E-state index >= 15 is 0 Å². The van der Waals surface area contributed by atoms with Gasteiger partial charge >= 0.3 is 0 Å². The van der Waals surface area contributed by atoms with Crippen molar-refractivity contribution in [1.29, 1.82) is 0 Å². The van der Waals surface area contributed by atoms with Gasteiger partial charge in [-0.05, 0) is 46.6 Å². The Morgan fingerprint density at radius 1 is 1.17 bits per heavy atom. The number of guanidine groups is 1. The van der Waals surface area contributed by atoms with Crippen molar-refractivity contribution in [1.82, 2.24) is 25.4 Å². The van der Waals surface area contributed by atoms with E-state index in [1.54, 1.807) is 11.3 Å². The highest BCUT2D eigenvalue weighted by Crippen LogP contribution is 2.28. The Morgan fingerprint density at radius 3 is 2.53 bits per heavy atom. The maximum absolute atomic E-state index is 4.83. The molecular weight excluding hydrogens is 392 g/mol. The summed E-state index contributed by atoms with van der Waals surface area (Å²) in [5.74, 6) is 0.832. The molecule has 3 rings (SSSR count). The zero-order valence-corrected chi connectivity index (χ0v) is 19.6. The van der Waals surface area contributed by atoms with Crippen LogP contribution in [0.5, 0.6) is 0 Å². The van der Waals surface area contributed by atoms with E-state index in [0.29, 0.717) is 6.54 Å². The summed E-state index contributed by atoms with van der Waals surface area (Å²) < 4.78 is 1.95. The number of hydrogen-bond donors (Lipinski definition) is 2. The SMILES string of the molecule is CCNC(=NCc1sc(-c2ccccc2)nc1C)NC(C)Cc1c(C)nn(C)c1C. The highest BCUT2D eigenvalue weighted by Gasteiger charge is 2.14. The lowest BCUT2D eigenvalue weighted by Gasteiger charge is -2.18. The van der Waals surface area contributed by atoms with Crippen molar-refractivity contribution in [2.45, 2.75) is 53.6 Å². The van der Waals surface area contributed by atoms with Crippen LogP contribution in [0.1, 0.15) is 41.4 Å². The van der Waals surface area contributed by atoms with Crippen molar-refractivity contribution in [2.24, 2.45) is 12.0 Å². The fraction of sp³-hybridized carbons (Fsp3) is 0.435. The quantitative estimate of drug-likeness (QED) is 0.442. The van der Waals surface area contributed by atoms with Crippen molar-refractivity contribution in [2.75, 3.05) is 6.54 Å². The minimum Gasteiger partial charge on any atom is -0.357 e. The van der Waals surface area contributed by atoms with E-state index < -0.39 is 0 Å². The molecule has 2 N–H and O–H groups in total. The average Bonchev–Trinajstić information content (AvgIpc) is 3.21. The van der Waals surface area contributed by atoms with Crippen LogP contribution >= 0.6 is 11.3 Å². The van der Waals surface area contributed by atoms with Crippen LogP contribution in [0.3, 0.4) is 0 Å². The molecule has 1 atom stereocenters. The predicted octanol–water partition coefficient (Wildman–Crippen LogP) is 4.16. The number of rotatable bonds is 7. The molecule has 7 heteroatoms. The number of benzene rings is 1. The van der Waals surface area contributed by atoms with Gasteiger partial charge in [0.15, 0.2) is 5.96 Å². The second-order valence-electron chi connectivity index (χ2n) is 7.61. The molecule has 160 valence electrons. The van der Waals surface area contributed by atoms with Crippen LogP contribution in [0.2, 0.25) is 0 Å². The summed E-state index contributed by atoms with van der Waals surface area (Å²) in [5, 5.41) is 12.5. The van der Waals surface area contributed by atoms with Crippen molar-refractivity contribution in [3.63, 3.8) is 0 Å². The molecule has 0 aliphatic carbocycles. The first kappa shape index (κ1) is 22.0. The highest BCUT2D eigenvalue weighted by molar-refractivity contribution is 7.15. The third-order valence-corrected chi connectivity index (χ3v) is 6.38. The Kier molecular flexibility index (Phi) is 7.26. The van der Waals surface area contributed by atoms with Crippen LogP contribution in [0.4, 0.5) is 0 Å². The summed E-state index contributed by atoms with van der Waals surface area (Å²) in [7, 11) is 2.00. The third-order valence-electron chi connectivity index (χ3n) is 5.19. The number of aliphatic imine (C=N–C) groups is 1. The van der Waals surface area contributed by atoms with Gasteiger partial charge in [-0.15, -0.1) is 11.3 Å². The maximum Gasteiger partial charge on any atom is 0.191 e. The standard InChI is InChI=1S/C23H32N6S/c1-7-24-23(26-15(2)13-20-16(3)28-29(6)18(20)5)25-14-21-17(4)27-22(30-21)19-11-9-8-10-12-19/h8-12,15H,7,13-14H2,1-6H3,(H2,24,25,26). The smallest absolute Gasteiger partial charge is 0.191 e. The van der Waals surface area contributed by atoms with Crippen LogP contribution in [0.25, 0.3) is 10.6 Å². The van der Waals surface area contributed by atoms with Crippen molar-refractivity contribution >= 4 is 17.3 Å². The minimum atomic E-state index is 0.242. The number of hydrogen-bond acceptors (Lipinski definition) is 4. The Labute approximate surface area is 183 Å². The van der Waals surface area contributed by atoms with E-state index in [-0.39, 0.29) is 6.04 Å². The molecule has 1 aromatic carbocycles. The zero-order valence-electron chi connectivity index (χ0n) is 18.8. The van der Waals surface area contributed by atoms with E-state index in [2.05, 4.69) is 62.5 Å². The Bertz CT molecular complexity index is 1000. The highest BCUT2D eigenvalue weighted by atomic mass is 32.1. The fourth-order valence-corrected chi connectivity index (χ4v) is 4.45. The molecule has 2 aromatic heterocycles. The summed E-state index contributed by atoms with van der Waals surface area (Å²) in [4.78, 5) is 10.8. The van der Waals surface area contributed by atoms with Gasteiger partial charge in [-0.3, -0.25) is 4.68 Å². The molecule has 0 radical (unpaired) electrons.